The van der Waals surface area contributed by atoms with Gasteiger partial charge in [0.05, 0.1) is 23.2 Å². The lowest BCUT2D eigenvalue weighted by molar-refractivity contribution is 0.102. The van der Waals surface area contributed by atoms with Crippen molar-refractivity contribution in [3.8, 4) is 6.07 Å². The molecule has 4 nitrogen and oxygen atoms in total. The molecule has 1 N–H and O–H groups in total. The van der Waals surface area contributed by atoms with E-state index in [0.717, 1.165) is 5.69 Å². The molecule has 1 amide bonds. The van der Waals surface area contributed by atoms with Crippen LogP contribution in [0.5, 0.6) is 0 Å². The summed E-state index contributed by atoms with van der Waals surface area (Å²) >= 11 is 6.95. The van der Waals surface area contributed by atoms with Gasteiger partial charge in [-0.2, -0.15) is 5.26 Å². The highest BCUT2D eigenvalue weighted by atomic mass is 35.5. The smallest absolute Gasteiger partial charge is 0.257 e. The third-order valence-electron chi connectivity index (χ3n) is 2.19. The van der Waals surface area contributed by atoms with Crippen LogP contribution < -0.4 is 5.32 Å². The molecule has 0 bridgehead atoms. The van der Waals surface area contributed by atoms with Crippen LogP contribution in [0, 0.1) is 11.3 Å². The van der Waals surface area contributed by atoms with E-state index in [1.165, 1.54) is 11.3 Å². The van der Waals surface area contributed by atoms with Crippen LogP contribution in [0.3, 0.4) is 0 Å². The number of nitriles is 1. The fourth-order valence-corrected chi connectivity index (χ4v) is 2.22. The van der Waals surface area contributed by atoms with Crippen molar-refractivity contribution in [3.05, 3.63) is 46.5 Å². The molecule has 0 aliphatic heterocycles. The van der Waals surface area contributed by atoms with Crippen molar-refractivity contribution in [2.75, 3.05) is 5.32 Å². The van der Waals surface area contributed by atoms with Crippen molar-refractivity contribution < 1.29 is 4.79 Å². The molecule has 0 saturated carbocycles. The lowest BCUT2D eigenvalue weighted by atomic mass is 10.1. The Morgan fingerprint density at radius 3 is 2.72 bits per heavy atom. The maximum atomic E-state index is 11.9. The number of thiazole rings is 1. The average Bonchev–Trinajstić information content (AvgIpc) is 2.86. The summed E-state index contributed by atoms with van der Waals surface area (Å²) in [5.41, 5.74) is 1.73. The fourth-order valence-electron chi connectivity index (χ4n) is 1.29. The third kappa shape index (κ3) is 2.86. The molecule has 1 aromatic carbocycles. The van der Waals surface area contributed by atoms with Gasteiger partial charge in [-0.25, -0.2) is 4.98 Å². The molecule has 1 heterocycles. The Bertz CT molecular complexity index is 601. The monoisotopic (exact) mass is 277 g/mol. The molecule has 0 radical (unpaired) electrons. The van der Waals surface area contributed by atoms with Crippen molar-refractivity contribution >= 4 is 34.0 Å². The number of amides is 1. The van der Waals surface area contributed by atoms with Crippen LogP contribution in [0.4, 0.5) is 5.13 Å². The molecule has 0 atom stereocenters. The predicted octanol–water partition coefficient (Wildman–Crippen LogP) is 3.01. The van der Waals surface area contributed by atoms with Crippen LogP contribution in [0.15, 0.2) is 29.6 Å². The van der Waals surface area contributed by atoms with Crippen molar-refractivity contribution in [1.82, 2.24) is 4.98 Å². The van der Waals surface area contributed by atoms with Gasteiger partial charge in [-0.15, -0.1) is 22.9 Å². The van der Waals surface area contributed by atoms with Gasteiger partial charge in [0.25, 0.3) is 5.91 Å². The third-order valence-corrected chi connectivity index (χ3v) is 3.27. The molecule has 6 heteroatoms. The van der Waals surface area contributed by atoms with E-state index in [4.69, 9.17) is 16.9 Å². The van der Waals surface area contributed by atoms with Crippen molar-refractivity contribution in [3.63, 3.8) is 0 Å². The van der Waals surface area contributed by atoms with E-state index < -0.39 is 0 Å². The molecule has 2 aromatic rings. The Balaban J connectivity index is 2.09. The number of halogens is 1. The first-order chi connectivity index (χ1) is 8.72. The van der Waals surface area contributed by atoms with E-state index in [1.807, 2.05) is 6.07 Å². The lowest BCUT2D eigenvalue weighted by Gasteiger charge is -2.01. The summed E-state index contributed by atoms with van der Waals surface area (Å²) in [6.07, 6.45) is 0. The average molecular weight is 278 g/mol. The van der Waals surface area contributed by atoms with Gasteiger partial charge in [0.1, 0.15) is 0 Å². The number of carbonyl (C=O) groups excluding carboxylic acids is 1. The molecular formula is C12H8ClN3OS. The summed E-state index contributed by atoms with van der Waals surface area (Å²) in [5, 5.41) is 13.6. The van der Waals surface area contributed by atoms with Crippen molar-refractivity contribution in [2.24, 2.45) is 0 Å². The van der Waals surface area contributed by atoms with Gasteiger partial charge in [0, 0.05) is 10.9 Å². The first kappa shape index (κ1) is 12.6. The highest BCUT2D eigenvalue weighted by Gasteiger charge is 2.08. The summed E-state index contributed by atoms with van der Waals surface area (Å²) in [6.45, 7) is 0. The van der Waals surface area contributed by atoms with E-state index in [1.54, 1.807) is 29.6 Å². The zero-order valence-corrected chi connectivity index (χ0v) is 10.8. The minimum atomic E-state index is -0.255. The normalized spacial score (nSPS) is 9.78. The summed E-state index contributed by atoms with van der Waals surface area (Å²) in [4.78, 5) is 16.0. The second-order valence-corrected chi connectivity index (χ2v) is 4.55. The van der Waals surface area contributed by atoms with E-state index in [9.17, 15) is 4.79 Å². The lowest BCUT2D eigenvalue weighted by Crippen LogP contribution is -2.11. The summed E-state index contributed by atoms with van der Waals surface area (Å²) in [6, 6.07) is 8.40. The van der Waals surface area contributed by atoms with Crippen LogP contribution in [0.1, 0.15) is 21.6 Å². The van der Waals surface area contributed by atoms with E-state index in [2.05, 4.69) is 10.3 Å². The highest BCUT2D eigenvalue weighted by molar-refractivity contribution is 7.14. The number of nitrogens with zero attached hydrogens (tertiary/aromatic N) is 2. The van der Waals surface area contributed by atoms with Gasteiger partial charge in [-0.3, -0.25) is 10.1 Å². The topological polar surface area (TPSA) is 65.8 Å². The number of hydrogen-bond acceptors (Lipinski definition) is 4. The Morgan fingerprint density at radius 2 is 2.17 bits per heavy atom. The van der Waals surface area contributed by atoms with Crippen LogP contribution in [-0.4, -0.2) is 10.9 Å². The number of carbonyl (C=O) groups is 1. The van der Waals surface area contributed by atoms with Crippen LogP contribution in [0.25, 0.3) is 0 Å². The van der Waals surface area contributed by atoms with Gasteiger partial charge >= 0.3 is 0 Å². The Morgan fingerprint density at radius 1 is 1.44 bits per heavy atom. The Hall–Kier alpha value is -1.90. The zero-order valence-electron chi connectivity index (χ0n) is 9.18. The quantitative estimate of drug-likeness (QED) is 0.877. The maximum Gasteiger partial charge on any atom is 0.257 e. The highest BCUT2D eigenvalue weighted by Crippen LogP contribution is 2.17. The van der Waals surface area contributed by atoms with Gasteiger partial charge < -0.3 is 0 Å². The molecule has 0 unspecified atom stereocenters. The second kappa shape index (κ2) is 5.63. The molecule has 0 aliphatic rings. The number of anilines is 1. The Labute approximate surface area is 113 Å². The minimum Gasteiger partial charge on any atom is -0.298 e. The first-order valence-corrected chi connectivity index (χ1v) is 6.46. The Kier molecular flexibility index (Phi) is 3.92. The van der Waals surface area contributed by atoms with Gasteiger partial charge in [-0.1, -0.05) is 0 Å². The van der Waals surface area contributed by atoms with Crippen LogP contribution in [-0.2, 0) is 5.88 Å². The molecule has 1 aromatic heterocycles. The molecule has 18 heavy (non-hydrogen) atoms. The van der Waals surface area contributed by atoms with E-state index >= 15 is 0 Å². The fraction of sp³-hybridized carbons (Fsp3) is 0.0833. The molecule has 0 aliphatic carbocycles. The van der Waals surface area contributed by atoms with E-state index in [-0.39, 0.29) is 5.91 Å². The number of rotatable bonds is 3. The standard InChI is InChI=1S/C12H8ClN3OS/c13-5-10-7-18-12(15-10)16-11(17)9-3-1-8(6-14)2-4-9/h1-4,7H,5H2,(H,15,16,17). The predicted molar refractivity (Wildman–Crippen MR) is 70.8 cm³/mol. The SMILES string of the molecule is N#Cc1ccc(C(=O)Nc2nc(CCl)cs2)cc1. The van der Waals surface area contributed by atoms with Gasteiger partial charge in [0.2, 0.25) is 0 Å². The first-order valence-electron chi connectivity index (χ1n) is 5.05. The zero-order chi connectivity index (χ0) is 13.0. The number of alkyl halides is 1. The molecule has 0 spiro atoms. The molecule has 90 valence electrons. The summed E-state index contributed by atoms with van der Waals surface area (Å²) in [5.74, 6) is 0.0680. The second-order valence-electron chi connectivity index (χ2n) is 3.42. The van der Waals surface area contributed by atoms with Crippen LogP contribution >= 0.6 is 22.9 Å². The van der Waals surface area contributed by atoms with Gasteiger partial charge in [0.15, 0.2) is 5.13 Å². The minimum absolute atomic E-state index is 0.255. The number of aromatic nitrogens is 1. The summed E-state index contributed by atoms with van der Waals surface area (Å²) < 4.78 is 0. The summed E-state index contributed by atoms with van der Waals surface area (Å²) in [7, 11) is 0. The number of hydrogen-bond donors (Lipinski definition) is 1. The molecule has 0 fully saturated rings. The molecular weight excluding hydrogens is 270 g/mol. The van der Waals surface area contributed by atoms with Crippen LogP contribution in [0.2, 0.25) is 0 Å². The van der Waals surface area contributed by atoms with Crippen molar-refractivity contribution in [1.29, 1.82) is 5.26 Å². The van der Waals surface area contributed by atoms with Crippen molar-refractivity contribution in [2.45, 2.75) is 5.88 Å². The maximum absolute atomic E-state index is 11.9. The molecule has 0 saturated heterocycles. The largest absolute Gasteiger partial charge is 0.298 e. The van der Waals surface area contributed by atoms with E-state index in [0.29, 0.717) is 22.1 Å². The number of nitrogens with one attached hydrogen (secondary N) is 1. The number of benzene rings is 1. The molecule has 2 rings (SSSR count). The van der Waals surface area contributed by atoms with Gasteiger partial charge in [-0.05, 0) is 24.3 Å².